The van der Waals surface area contributed by atoms with Crippen LogP contribution in [0.4, 0.5) is 0 Å². The van der Waals surface area contributed by atoms with Gasteiger partial charge in [0.2, 0.25) is 0 Å². The Morgan fingerprint density at radius 1 is 0.636 bits per heavy atom. The third-order valence-corrected chi connectivity index (χ3v) is 18.9. The van der Waals surface area contributed by atoms with Crippen LogP contribution in [0.2, 0.25) is 19.6 Å². The van der Waals surface area contributed by atoms with Crippen LogP contribution >= 0.6 is 6.34 Å². The molecule has 4 aliphatic rings. The molecule has 4 aliphatic carbocycles. The fraction of sp³-hybridized carbons (Fsp3) is 0.757. The molecule has 1 aromatic heterocycles. The van der Waals surface area contributed by atoms with Crippen molar-refractivity contribution in [3.8, 4) is 11.3 Å². The van der Waals surface area contributed by atoms with Gasteiger partial charge in [0.1, 0.15) is 20.1 Å². The van der Waals surface area contributed by atoms with Crippen LogP contribution < -0.4 is 10.6 Å². The molecule has 6 rings (SSSR count). The number of aryl methyl sites for hydroxylation is 1. The zero-order valence-corrected chi connectivity index (χ0v) is 31.2. The molecule has 0 saturated heterocycles. The molecule has 0 unspecified atom stereocenters. The zero-order valence-electron chi connectivity index (χ0n) is 28.5. The SMILES string of the molecule is Cc1ccc(-c2n[nH]c([Si](C)(C)C)c2P(=S)(N(C2CCCCC2)C2CCCCC2)N(C2CCCCC2)C2CCCCC2)cc1. The number of hydrogen-bond donors (Lipinski definition) is 1. The Bertz CT molecular complexity index is 1170. The minimum absolute atomic E-state index is 0.614. The lowest BCUT2D eigenvalue weighted by molar-refractivity contribution is 0.134. The van der Waals surface area contributed by atoms with Crippen LogP contribution in [0.1, 0.15) is 134 Å². The summed E-state index contributed by atoms with van der Waals surface area (Å²) in [5, 5.41) is 12.0. The van der Waals surface area contributed by atoms with Crippen LogP contribution in [0.3, 0.4) is 0 Å². The van der Waals surface area contributed by atoms with Crippen molar-refractivity contribution in [2.75, 3.05) is 0 Å². The average molecular weight is 653 g/mol. The molecular formula is C37H61N4PSSi. The van der Waals surface area contributed by atoms with Gasteiger partial charge in [-0.05, 0) is 58.3 Å². The van der Waals surface area contributed by atoms with Crippen LogP contribution in [0, 0.1) is 6.92 Å². The highest BCUT2D eigenvalue weighted by atomic mass is 32.4. The highest BCUT2D eigenvalue weighted by Gasteiger charge is 2.51. The molecule has 0 radical (unpaired) electrons. The van der Waals surface area contributed by atoms with Crippen LogP contribution in [-0.4, -0.2) is 51.8 Å². The first kappa shape index (κ1) is 33.1. The summed E-state index contributed by atoms with van der Waals surface area (Å²) >= 11 is 7.78. The Kier molecular flexibility index (Phi) is 11.0. The largest absolute Gasteiger partial charge is 0.286 e. The van der Waals surface area contributed by atoms with E-state index in [9.17, 15) is 0 Å². The van der Waals surface area contributed by atoms with Gasteiger partial charge in [-0.2, -0.15) is 5.10 Å². The molecule has 0 spiro atoms. The number of aromatic amines is 1. The van der Waals surface area contributed by atoms with E-state index >= 15 is 0 Å². The molecule has 244 valence electrons. The van der Waals surface area contributed by atoms with Gasteiger partial charge in [-0.25, -0.2) is 0 Å². The molecular weight excluding hydrogens is 592 g/mol. The molecule has 2 aromatic rings. The van der Waals surface area contributed by atoms with Crippen molar-refractivity contribution in [2.24, 2.45) is 0 Å². The maximum absolute atomic E-state index is 7.78. The van der Waals surface area contributed by atoms with Crippen molar-refractivity contribution >= 4 is 36.8 Å². The standard InChI is InChI=1S/C37H61N4PSSi/c1-29-25-27-30(28-26-29)35-36(37(39-38-35)44(2,3)4)42(43,40(31-17-9-5-10-18-31)32-19-11-6-12-20-32)41(33-21-13-7-14-22-33)34-23-15-8-16-24-34/h25-28,31-34H,5-24H2,1-4H3,(H,38,39). The van der Waals surface area contributed by atoms with E-state index < -0.39 is 14.4 Å². The van der Waals surface area contributed by atoms with Crippen molar-refractivity contribution in [3.63, 3.8) is 0 Å². The van der Waals surface area contributed by atoms with Crippen molar-refractivity contribution in [2.45, 2.75) is 179 Å². The van der Waals surface area contributed by atoms with E-state index in [4.69, 9.17) is 16.9 Å². The molecule has 4 nitrogen and oxygen atoms in total. The summed E-state index contributed by atoms with van der Waals surface area (Å²) in [5.74, 6) is 0. The third kappa shape index (κ3) is 6.91. The van der Waals surface area contributed by atoms with Crippen molar-refractivity contribution in [1.82, 2.24) is 19.5 Å². The van der Waals surface area contributed by atoms with Gasteiger partial charge in [0.25, 0.3) is 0 Å². The smallest absolute Gasteiger partial charge is 0.111 e. The molecule has 0 bridgehead atoms. The van der Waals surface area contributed by atoms with E-state index in [1.807, 2.05) is 0 Å². The van der Waals surface area contributed by atoms with E-state index in [-0.39, 0.29) is 0 Å². The van der Waals surface area contributed by atoms with Crippen LogP contribution in [0.15, 0.2) is 24.3 Å². The molecule has 7 heteroatoms. The zero-order chi connectivity index (χ0) is 30.7. The number of nitrogens with zero attached hydrogens (tertiary/aromatic N) is 3. The van der Waals surface area contributed by atoms with Crippen LogP contribution in [0.5, 0.6) is 0 Å². The highest BCUT2D eigenvalue weighted by molar-refractivity contribution is 8.16. The maximum atomic E-state index is 7.78. The van der Waals surface area contributed by atoms with E-state index in [1.165, 1.54) is 156 Å². The number of benzene rings is 1. The van der Waals surface area contributed by atoms with Crippen molar-refractivity contribution in [1.29, 1.82) is 0 Å². The first-order valence-corrected chi connectivity index (χ1v) is 24.8. The molecule has 4 saturated carbocycles. The third-order valence-electron chi connectivity index (χ3n) is 11.5. The first-order valence-electron chi connectivity index (χ1n) is 18.6. The monoisotopic (exact) mass is 652 g/mol. The molecule has 1 N–H and O–H groups in total. The Labute approximate surface area is 275 Å². The minimum atomic E-state index is -2.43. The molecule has 44 heavy (non-hydrogen) atoms. The fourth-order valence-corrected chi connectivity index (χ4v) is 18.5. The summed E-state index contributed by atoms with van der Waals surface area (Å²) in [7, 11) is -1.81. The number of nitrogens with one attached hydrogen (secondary N) is 1. The topological polar surface area (TPSA) is 35.2 Å². The molecule has 0 aliphatic heterocycles. The Balaban J connectivity index is 1.64. The molecule has 0 amide bonds. The fourth-order valence-electron chi connectivity index (χ4n) is 9.27. The Morgan fingerprint density at radius 2 is 1.00 bits per heavy atom. The van der Waals surface area contributed by atoms with Gasteiger partial charge >= 0.3 is 0 Å². The number of rotatable bonds is 9. The lowest BCUT2D eigenvalue weighted by atomic mass is 9.90. The molecule has 1 aromatic carbocycles. The van der Waals surface area contributed by atoms with E-state index in [2.05, 4.69) is 65.3 Å². The van der Waals surface area contributed by atoms with Gasteiger partial charge in [0.05, 0.1) is 5.30 Å². The Hall–Kier alpha value is -0.783. The van der Waals surface area contributed by atoms with Gasteiger partial charge in [-0.15, -0.1) is 0 Å². The number of aromatic nitrogens is 2. The summed E-state index contributed by atoms with van der Waals surface area (Å²) in [6, 6.07) is 11.7. The molecule has 0 atom stereocenters. The average Bonchev–Trinajstić information content (AvgIpc) is 3.51. The van der Waals surface area contributed by atoms with E-state index in [0.29, 0.717) is 24.2 Å². The van der Waals surface area contributed by atoms with Gasteiger partial charge in [-0.1, -0.05) is 138 Å². The maximum Gasteiger partial charge on any atom is 0.111 e. The van der Waals surface area contributed by atoms with Crippen molar-refractivity contribution in [3.05, 3.63) is 29.8 Å². The summed E-state index contributed by atoms with van der Waals surface area (Å²) in [5.41, 5.74) is 3.77. The first-order chi connectivity index (χ1) is 21.3. The minimum Gasteiger partial charge on any atom is -0.286 e. The lowest BCUT2D eigenvalue weighted by Crippen LogP contribution is -2.58. The van der Waals surface area contributed by atoms with Gasteiger partial charge in [0.15, 0.2) is 0 Å². The predicted octanol–water partition coefficient (Wildman–Crippen LogP) is 9.80. The second-order valence-corrected chi connectivity index (χ2v) is 24.9. The Morgan fingerprint density at radius 3 is 1.34 bits per heavy atom. The quantitative estimate of drug-likeness (QED) is 0.216. The van der Waals surface area contributed by atoms with Gasteiger partial charge in [-0.3, -0.25) is 14.4 Å². The van der Waals surface area contributed by atoms with Crippen LogP contribution in [-0.2, 0) is 11.8 Å². The normalized spacial score (nSPS) is 22.7. The number of H-pyrrole nitrogens is 1. The van der Waals surface area contributed by atoms with E-state index in [0.717, 1.165) is 0 Å². The molecule has 4 fully saturated rings. The van der Waals surface area contributed by atoms with Gasteiger partial charge in [0, 0.05) is 35.0 Å². The summed E-state index contributed by atoms with van der Waals surface area (Å²) in [6.45, 7) is 9.79. The highest BCUT2D eigenvalue weighted by Crippen LogP contribution is 2.62. The van der Waals surface area contributed by atoms with E-state index in [1.54, 1.807) is 0 Å². The van der Waals surface area contributed by atoms with Crippen LogP contribution in [0.25, 0.3) is 11.3 Å². The number of hydrogen-bond acceptors (Lipinski definition) is 2. The summed E-state index contributed by atoms with van der Waals surface area (Å²) in [4.78, 5) is 0. The second-order valence-electron chi connectivity index (χ2n) is 15.9. The summed E-state index contributed by atoms with van der Waals surface area (Å²) in [6.07, 6.45) is 24.8. The predicted molar refractivity (Wildman–Crippen MR) is 197 cm³/mol. The molecule has 1 heterocycles. The lowest BCUT2D eigenvalue weighted by Gasteiger charge is -2.56. The summed E-state index contributed by atoms with van der Waals surface area (Å²) < 4.78 is 6.33. The van der Waals surface area contributed by atoms with Gasteiger partial charge < -0.3 is 0 Å². The second kappa shape index (κ2) is 14.5. The van der Waals surface area contributed by atoms with Crippen molar-refractivity contribution < 1.29 is 0 Å².